The van der Waals surface area contributed by atoms with E-state index in [1.807, 2.05) is 11.0 Å². The van der Waals surface area contributed by atoms with Gasteiger partial charge in [-0.1, -0.05) is 39.0 Å². The smallest absolute Gasteiger partial charge is 0.338 e. The first-order valence-corrected chi connectivity index (χ1v) is 8.30. The largest absolute Gasteiger partial charge is 0.452 e. The number of carbonyl (C=O) groups is 2. The standard InChI is InChI=1S/C19H25NO3/c1-18(2)9-15-10-19(3,12-18)13-20(15)16(21)11-23-17(22)14-7-5-4-6-8-14/h4-8,15H,9-13H2,1-3H3/t15-,19+/m0/s1. The third kappa shape index (κ3) is 3.41. The van der Waals surface area contributed by atoms with Gasteiger partial charge in [-0.3, -0.25) is 4.79 Å². The van der Waals surface area contributed by atoms with E-state index in [2.05, 4.69) is 20.8 Å². The highest BCUT2D eigenvalue weighted by Crippen LogP contribution is 2.52. The van der Waals surface area contributed by atoms with Crippen LogP contribution in [0.2, 0.25) is 0 Å². The van der Waals surface area contributed by atoms with Gasteiger partial charge in [-0.15, -0.1) is 0 Å². The number of likely N-dealkylation sites (tertiary alicyclic amines) is 1. The molecule has 4 heteroatoms. The fourth-order valence-electron chi connectivity index (χ4n) is 4.62. The van der Waals surface area contributed by atoms with Gasteiger partial charge in [-0.25, -0.2) is 4.79 Å². The summed E-state index contributed by atoms with van der Waals surface area (Å²) in [6, 6.07) is 9.08. The Labute approximate surface area is 137 Å². The van der Waals surface area contributed by atoms with Crippen LogP contribution < -0.4 is 0 Å². The van der Waals surface area contributed by atoms with E-state index in [1.165, 1.54) is 0 Å². The van der Waals surface area contributed by atoms with Gasteiger partial charge in [0.2, 0.25) is 0 Å². The van der Waals surface area contributed by atoms with Crippen molar-refractivity contribution in [3.05, 3.63) is 35.9 Å². The summed E-state index contributed by atoms with van der Waals surface area (Å²) in [6.45, 7) is 7.44. The number of carbonyl (C=O) groups excluding carboxylic acids is 2. The number of hydrogen-bond acceptors (Lipinski definition) is 3. The number of amides is 1. The maximum Gasteiger partial charge on any atom is 0.338 e. The van der Waals surface area contributed by atoms with Crippen LogP contribution in [0.5, 0.6) is 0 Å². The van der Waals surface area contributed by atoms with Crippen LogP contribution >= 0.6 is 0 Å². The first-order valence-electron chi connectivity index (χ1n) is 8.30. The molecule has 1 heterocycles. The monoisotopic (exact) mass is 315 g/mol. The van der Waals surface area contributed by atoms with Gasteiger partial charge < -0.3 is 9.64 Å². The Morgan fingerprint density at radius 1 is 1.17 bits per heavy atom. The Kier molecular flexibility index (Phi) is 3.95. The maximum atomic E-state index is 12.5. The summed E-state index contributed by atoms with van der Waals surface area (Å²) in [5.41, 5.74) is 0.951. The van der Waals surface area contributed by atoms with E-state index in [1.54, 1.807) is 24.3 Å². The Balaban J connectivity index is 1.60. The third-order valence-electron chi connectivity index (χ3n) is 5.07. The van der Waals surface area contributed by atoms with Crippen molar-refractivity contribution in [2.75, 3.05) is 13.2 Å². The molecule has 23 heavy (non-hydrogen) atoms. The number of ether oxygens (including phenoxy) is 1. The number of rotatable bonds is 3. The minimum atomic E-state index is -0.437. The lowest BCUT2D eigenvalue weighted by molar-refractivity contribution is -0.135. The molecule has 0 N–H and O–H groups in total. The predicted octanol–water partition coefficient (Wildman–Crippen LogP) is 3.27. The molecule has 1 aliphatic carbocycles. The lowest BCUT2D eigenvalue weighted by Gasteiger charge is -2.39. The molecule has 1 aromatic rings. The van der Waals surface area contributed by atoms with Crippen molar-refractivity contribution in [1.29, 1.82) is 0 Å². The van der Waals surface area contributed by atoms with E-state index in [0.29, 0.717) is 5.56 Å². The quantitative estimate of drug-likeness (QED) is 0.804. The molecule has 2 bridgehead atoms. The van der Waals surface area contributed by atoms with Gasteiger partial charge in [0, 0.05) is 12.6 Å². The van der Waals surface area contributed by atoms with E-state index < -0.39 is 5.97 Å². The molecule has 1 aliphatic heterocycles. The van der Waals surface area contributed by atoms with Crippen molar-refractivity contribution in [3.8, 4) is 0 Å². The summed E-state index contributed by atoms with van der Waals surface area (Å²) in [5.74, 6) is -0.506. The van der Waals surface area contributed by atoms with Gasteiger partial charge in [-0.2, -0.15) is 0 Å². The fraction of sp³-hybridized carbons (Fsp3) is 0.579. The van der Waals surface area contributed by atoms with Crippen LogP contribution in [0, 0.1) is 10.8 Å². The molecule has 1 saturated carbocycles. The lowest BCUT2D eigenvalue weighted by Crippen LogP contribution is -2.39. The predicted molar refractivity (Wildman–Crippen MR) is 88.0 cm³/mol. The SMILES string of the molecule is CC1(C)C[C@H]2C[C@@](C)(CN2C(=O)COC(=O)c2ccccc2)C1. The average molecular weight is 315 g/mol. The summed E-state index contributed by atoms with van der Waals surface area (Å²) in [4.78, 5) is 26.4. The van der Waals surface area contributed by atoms with Gasteiger partial charge in [0.1, 0.15) is 0 Å². The second-order valence-corrected chi connectivity index (χ2v) is 8.18. The highest BCUT2D eigenvalue weighted by atomic mass is 16.5. The molecule has 124 valence electrons. The zero-order chi connectivity index (χ0) is 16.7. The second-order valence-electron chi connectivity index (χ2n) is 8.18. The molecule has 2 fully saturated rings. The normalized spacial score (nSPS) is 28.5. The summed E-state index contributed by atoms with van der Waals surface area (Å²) >= 11 is 0. The van der Waals surface area contributed by atoms with Gasteiger partial charge in [0.25, 0.3) is 5.91 Å². The van der Waals surface area contributed by atoms with E-state index in [9.17, 15) is 9.59 Å². The molecule has 1 aromatic carbocycles. The minimum absolute atomic E-state index is 0.0688. The summed E-state index contributed by atoms with van der Waals surface area (Å²) < 4.78 is 5.21. The van der Waals surface area contributed by atoms with Crippen molar-refractivity contribution < 1.29 is 14.3 Å². The lowest BCUT2D eigenvalue weighted by atomic mass is 9.65. The molecule has 1 saturated heterocycles. The van der Waals surface area contributed by atoms with Crippen LogP contribution in [0.4, 0.5) is 0 Å². The number of benzene rings is 1. The van der Waals surface area contributed by atoms with E-state index in [4.69, 9.17) is 4.74 Å². The van der Waals surface area contributed by atoms with Crippen LogP contribution in [0.15, 0.2) is 30.3 Å². The summed E-state index contributed by atoms with van der Waals surface area (Å²) in [5, 5.41) is 0. The molecule has 2 atom stereocenters. The summed E-state index contributed by atoms with van der Waals surface area (Å²) in [6.07, 6.45) is 3.24. The molecule has 0 spiro atoms. The highest BCUT2D eigenvalue weighted by Gasteiger charge is 2.50. The molecular formula is C19H25NO3. The van der Waals surface area contributed by atoms with Gasteiger partial charge in [0.05, 0.1) is 5.56 Å². The Morgan fingerprint density at radius 3 is 2.57 bits per heavy atom. The van der Waals surface area contributed by atoms with Crippen molar-refractivity contribution >= 4 is 11.9 Å². The van der Waals surface area contributed by atoms with Gasteiger partial charge >= 0.3 is 5.97 Å². The Bertz CT molecular complexity index is 610. The number of esters is 1. The third-order valence-corrected chi connectivity index (χ3v) is 5.07. The Hall–Kier alpha value is -1.84. The van der Waals surface area contributed by atoms with Crippen molar-refractivity contribution in [2.24, 2.45) is 10.8 Å². The number of nitrogens with zero attached hydrogens (tertiary/aromatic N) is 1. The van der Waals surface area contributed by atoms with Crippen LogP contribution in [0.25, 0.3) is 0 Å². The average Bonchev–Trinajstić information content (AvgIpc) is 2.74. The highest BCUT2D eigenvalue weighted by molar-refractivity contribution is 5.91. The van der Waals surface area contributed by atoms with Crippen LogP contribution in [-0.4, -0.2) is 36.0 Å². The minimum Gasteiger partial charge on any atom is -0.452 e. The van der Waals surface area contributed by atoms with Crippen molar-refractivity contribution in [1.82, 2.24) is 4.90 Å². The molecule has 0 aromatic heterocycles. The van der Waals surface area contributed by atoms with Gasteiger partial charge in [0.15, 0.2) is 6.61 Å². The topological polar surface area (TPSA) is 46.6 Å². The molecule has 0 radical (unpaired) electrons. The number of hydrogen-bond donors (Lipinski definition) is 0. The Morgan fingerprint density at radius 2 is 1.87 bits per heavy atom. The summed E-state index contributed by atoms with van der Waals surface area (Å²) in [7, 11) is 0. The molecule has 3 rings (SSSR count). The molecule has 1 amide bonds. The zero-order valence-electron chi connectivity index (χ0n) is 14.2. The van der Waals surface area contributed by atoms with Crippen LogP contribution in [0.1, 0.15) is 50.4 Å². The van der Waals surface area contributed by atoms with Crippen molar-refractivity contribution in [3.63, 3.8) is 0 Å². The first kappa shape index (κ1) is 16.0. The van der Waals surface area contributed by atoms with E-state index >= 15 is 0 Å². The molecule has 0 unspecified atom stereocenters. The van der Waals surface area contributed by atoms with E-state index in [-0.39, 0.29) is 29.4 Å². The molecule has 4 nitrogen and oxygen atoms in total. The van der Waals surface area contributed by atoms with Crippen LogP contribution in [0.3, 0.4) is 0 Å². The molecular weight excluding hydrogens is 290 g/mol. The molecule has 2 aliphatic rings. The maximum absolute atomic E-state index is 12.5. The van der Waals surface area contributed by atoms with E-state index in [0.717, 1.165) is 25.8 Å². The zero-order valence-corrected chi connectivity index (χ0v) is 14.2. The van der Waals surface area contributed by atoms with Gasteiger partial charge in [-0.05, 0) is 42.2 Å². The second kappa shape index (κ2) is 5.66. The first-order chi connectivity index (χ1) is 10.8. The fourth-order valence-corrected chi connectivity index (χ4v) is 4.62. The van der Waals surface area contributed by atoms with Crippen LogP contribution in [-0.2, 0) is 9.53 Å². The van der Waals surface area contributed by atoms with Crippen molar-refractivity contribution in [2.45, 2.75) is 46.1 Å². The number of fused-ring (bicyclic) bond motifs is 2.